The maximum Gasteiger partial charge on any atom is 0.410 e. The summed E-state index contributed by atoms with van der Waals surface area (Å²) in [7, 11) is 0. The molecule has 0 unspecified atom stereocenters. The maximum atomic E-state index is 13.0. The van der Waals surface area contributed by atoms with Crippen molar-refractivity contribution in [1.82, 2.24) is 25.5 Å². The molecule has 10 heteroatoms. The molecule has 1 amide bonds. The van der Waals surface area contributed by atoms with Gasteiger partial charge in [-0.3, -0.25) is 4.79 Å². The van der Waals surface area contributed by atoms with Crippen LogP contribution in [0.5, 0.6) is 0 Å². The van der Waals surface area contributed by atoms with Gasteiger partial charge in [0.25, 0.3) is 5.91 Å². The van der Waals surface area contributed by atoms with E-state index < -0.39 is 17.6 Å². The summed E-state index contributed by atoms with van der Waals surface area (Å²) in [6, 6.07) is 4.56. The second-order valence-electron chi connectivity index (χ2n) is 7.44. The van der Waals surface area contributed by atoms with Gasteiger partial charge < -0.3 is 5.32 Å². The highest BCUT2D eigenvalue weighted by Crippen LogP contribution is 2.30. The minimum Gasteiger partial charge on any atom is -0.338 e. The van der Waals surface area contributed by atoms with Gasteiger partial charge in [-0.15, -0.1) is 5.10 Å². The highest BCUT2D eigenvalue weighted by atomic mass is 79.9. The van der Waals surface area contributed by atoms with Crippen molar-refractivity contribution in [3.8, 4) is 5.69 Å². The fourth-order valence-electron chi connectivity index (χ4n) is 2.08. The third-order valence-corrected chi connectivity index (χ3v) is 4.12. The topological polar surface area (TPSA) is 72.7 Å². The third-order valence-electron chi connectivity index (χ3n) is 3.66. The predicted molar refractivity (Wildman–Crippen MR) is 93.2 cm³/mol. The number of amides is 1. The van der Waals surface area contributed by atoms with Crippen LogP contribution < -0.4 is 5.32 Å². The summed E-state index contributed by atoms with van der Waals surface area (Å²) >= 11 is 3.28. The van der Waals surface area contributed by atoms with Crippen LogP contribution in [0.3, 0.4) is 0 Å². The molecule has 0 fully saturated rings. The van der Waals surface area contributed by atoms with E-state index in [1.807, 2.05) is 26.1 Å². The zero-order valence-electron chi connectivity index (χ0n) is 14.9. The van der Waals surface area contributed by atoms with Gasteiger partial charge in [-0.05, 0) is 42.5 Å². The van der Waals surface area contributed by atoms with Gasteiger partial charge in [-0.2, -0.15) is 17.9 Å². The van der Waals surface area contributed by atoms with E-state index in [1.165, 1.54) is 16.8 Å². The van der Waals surface area contributed by atoms with Gasteiger partial charge in [0.15, 0.2) is 5.82 Å². The van der Waals surface area contributed by atoms with E-state index in [2.05, 4.69) is 31.5 Å². The van der Waals surface area contributed by atoms with Crippen LogP contribution in [0.4, 0.5) is 13.2 Å². The molecule has 0 atom stereocenters. The summed E-state index contributed by atoms with van der Waals surface area (Å²) in [5, 5.41) is 13.6. The first-order valence-corrected chi connectivity index (χ1v) is 8.51. The van der Waals surface area contributed by atoms with E-state index in [0.29, 0.717) is 16.0 Å². The van der Waals surface area contributed by atoms with E-state index in [-0.39, 0.29) is 11.0 Å². The normalized spacial score (nSPS) is 13.0. The molecule has 26 heavy (non-hydrogen) atoms. The van der Waals surface area contributed by atoms with Gasteiger partial charge in [0.1, 0.15) is 5.54 Å². The highest BCUT2D eigenvalue weighted by Gasteiger charge is 2.48. The first kappa shape index (κ1) is 20.3. The molecule has 0 bridgehead atoms. The Hall–Kier alpha value is -1.97. The van der Waals surface area contributed by atoms with Gasteiger partial charge in [0.05, 0.1) is 5.69 Å². The van der Waals surface area contributed by atoms with E-state index in [0.717, 1.165) is 13.8 Å². The Balaban J connectivity index is 2.43. The molecule has 0 aliphatic carbocycles. The number of tetrazole rings is 1. The van der Waals surface area contributed by atoms with Crippen molar-refractivity contribution < 1.29 is 18.0 Å². The lowest BCUT2D eigenvalue weighted by Crippen LogP contribution is -2.54. The van der Waals surface area contributed by atoms with Crippen LogP contribution in [0, 0.1) is 0 Å². The van der Waals surface area contributed by atoms with Crippen LogP contribution in [0.15, 0.2) is 22.7 Å². The molecule has 2 aromatic rings. The molecule has 0 saturated carbocycles. The lowest BCUT2D eigenvalue weighted by atomic mass is 9.95. The van der Waals surface area contributed by atoms with Crippen LogP contribution in [-0.4, -0.2) is 37.8 Å². The van der Waals surface area contributed by atoms with Gasteiger partial charge in [0.2, 0.25) is 0 Å². The Kier molecular flexibility index (Phi) is 5.19. The van der Waals surface area contributed by atoms with E-state index in [1.54, 1.807) is 6.07 Å². The van der Waals surface area contributed by atoms with Crippen LogP contribution >= 0.6 is 15.9 Å². The zero-order valence-corrected chi connectivity index (χ0v) is 16.5. The third kappa shape index (κ3) is 4.22. The predicted octanol–water partition coefficient (Wildman–Crippen LogP) is 3.79. The molecule has 0 aliphatic heterocycles. The Labute approximate surface area is 157 Å². The first-order chi connectivity index (χ1) is 11.7. The van der Waals surface area contributed by atoms with Crippen molar-refractivity contribution in [2.75, 3.05) is 0 Å². The van der Waals surface area contributed by atoms with Crippen LogP contribution in [-0.2, 0) is 5.41 Å². The van der Waals surface area contributed by atoms with Gasteiger partial charge in [0, 0.05) is 15.5 Å². The summed E-state index contributed by atoms with van der Waals surface area (Å²) in [5.41, 5.74) is -2.21. The number of carbonyl (C=O) groups excluding carboxylic acids is 1. The van der Waals surface area contributed by atoms with Crippen LogP contribution in [0.25, 0.3) is 5.69 Å². The largest absolute Gasteiger partial charge is 0.410 e. The SMILES string of the molecule is CC(C)(C)c1nnnn1-c1cc(Br)cc(C(=O)NC(C)(C)C(F)(F)F)c1. The van der Waals surface area contributed by atoms with Gasteiger partial charge in [-0.25, -0.2) is 0 Å². The van der Waals surface area contributed by atoms with Crippen molar-refractivity contribution in [1.29, 1.82) is 0 Å². The number of nitrogens with one attached hydrogen (secondary N) is 1. The molecule has 0 radical (unpaired) electrons. The minimum absolute atomic E-state index is 0.0575. The number of hydrogen-bond donors (Lipinski definition) is 1. The van der Waals surface area contributed by atoms with Crippen molar-refractivity contribution >= 4 is 21.8 Å². The molecule has 1 aromatic heterocycles. The molecule has 1 heterocycles. The van der Waals surface area contributed by atoms with E-state index in [9.17, 15) is 18.0 Å². The lowest BCUT2D eigenvalue weighted by Gasteiger charge is -2.29. The molecule has 0 spiro atoms. The molecule has 0 aliphatic rings. The second-order valence-corrected chi connectivity index (χ2v) is 8.35. The molecule has 1 N–H and O–H groups in total. The van der Waals surface area contributed by atoms with Crippen molar-refractivity contribution in [2.45, 2.75) is 51.7 Å². The number of carbonyl (C=O) groups is 1. The lowest BCUT2D eigenvalue weighted by molar-refractivity contribution is -0.182. The molecular formula is C16H19BrF3N5O. The Morgan fingerprint density at radius 3 is 2.27 bits per heavy atom. The molecule has 0 saturated heterocycles. The van der Waals surface area contributed by atoms with Gasteiger partial charge in [-0.1, -0.05) is 36.7 Å². The summed E-state index contributed by atoms with van der Waals surface area (Å²) in [4.78, 5) is 12.4. The van der Waals surface area contributed by atoms with Crippen molar-refractivity contribution in [3.05, 3.63) is 34.1 Å². The van der Waals surface area contributed by atoms with Crippen LogP contribution in [0.2, 0.25) is 0 Å². The highest BCUT2D eigenvalue weighted by molar-refractivity contribution is 9.10. The summed E-state index contributed by atoms with van der Waals surface area (Å²) in [6.45, 7) is 7.58. The van der Waals surface area contributed by atoms with Gasteiger partial charge >= 0.3 is 6.18 Å². The smallest absolute Gasteiger partial charge is 0.338 e. The fourth-order valence-corrected chi connectivity index (χ4v) is 2.56. The van der Waals surface area contributed by atoms with E-state index >= 15 is 0 Å². The number of alkyl halides is 3. The first-order valence-electron chi connectivity index (χ1n) is 7.71. The number of nitrogens with zero attached hydrogens (tertiary/aromatic N) is 4. The quantitative estimate of drug-likeness (QED) is 0.798. The average Bonchev–Trinajstić information content (AvgIpc) is 2.94. The summed E-state index contributed by atoms with van der Waals surface area (Å²) < 4.78 is 41.0. The number of benzene rings is 1. The summed E-state index contributed by atoms with van der Waals surface area (Å²) in [6.07, 6.45) is -4.58. The second kappa shape index (κ2) is 6.64. The summed E-state index contributed by atoms with van der Waals surface area (Å²) in [5.74, 6) is -0.294. The molecule has 142 valence electrons. The number of halogens is 4. The van der Waals surface area contributed by atoms with Crippen molar-refractivity contribution in [3.63, 3.8) is 0 Å². The maximum absolute atomic E-state index is 13.0. The van der Waals surface area contributed by atoms with Crippen LogP contribution in [0.1, 0.15) is 50.8 Å². The van der Waals surface area contributed by atoms with Crippen molar-refractivity contribution in [2.24, 2.45) is 0 Å². The van der Waals surface area contributed by atoms with E-state index in [4.69, 9.17) is 0 Å². The Morgan fingerprint density at radius 1 is 1.12 bits per heavy atom. The average molecular weight is 434 g/mol. The minimum atomic E-state index is -4.58. The number of rotatable bonds is 3. The standard InChI is InChI=1S/C16H19BrF3N5O/c1-14(2,3)13-22-23-24-25(13)11-7-9(6-10(17)8-11)12(26)21-15(4,5)16(18,19)20/h6-8H,1-5H3,(H,21,26). The molecule has 1 aromatic carbocycles. The molecule has 6 nitrogen and oxygen atoms in total. The molecular weight excluding hydrogens is 415 g/mol. The fraction of sp³-hybridized carbons (Fsp3) is 0.500. The monoisotopic (exact) mass is 433 g/mol. The molecule has 2 rings (SSSR count). The Bertz CT molecular complexity index is 824. The zero-order chi connectivity index (χ0) is 19.9. The number of aromatic nitrogens is 4. The number of hydrogen-bond acceptors (Lipinski definition) is 4. The Morgan fingerprint density at radius 2 is 1.73 bits per heavy atom.